The zero-order valence-corrected chi connectivity index (χ0v) is 9.75. The fraction of sp³-hybridized carbons (Fsp3) is 0.917. The number of carbonyl (C=O) groups excluding carboxylic acids is 1. The summed E-state index contributed by atoms with van der Waals surface area (Å²) in [5.41, 5.74) is 0. The molecule has 0 bridgehead atoms. The first-order valence-electron chi connectivity index (χ1n) is 6.13. The van der Waals surface area contributed by atoms with E-state index in [9.17, 15) is 4.79 Å². The lowest BCUT2D eigenvalue weighted by atomic mass is 10.0. The molecule has 3 heteroatoms. The third-order valence-electron chi connectivity index (χ3n) is 3.79. The molecule has 0 aromatic heterocycles. The van der Waals surface area contributed by atoms with Crippen molar-refractivity contribution in [2.24, 2.45) is 23.7 Å². The maximum absolute atomic E-state index is 11.8. The molecule has 2 saturated carbocycles. The molecule has 2 aliphatic rings. The highest BCUT2D eigenvalue weighted by Crippen LogP contribution is 2.54. The van der Waals surface area contributed by atoms with E-state index in [4.69, 9.17) is 0 Å². The number of hydrogen-bond acceptors (Lipinski definition) is 2. The van der Waals surface area contributed by atoms with Gasteiger partial charge in [0.2, 0.25) is 5.91 Å². The van der Waals surface area contributed by atoms with Crippen LogP contribution in [0.4, 0.5) is 0 Å². The van der Waals surface area contributed by atoms with E-state index in [0.717, 1.165) is 37.8 Å². The lowest BCUT2D eigenvalue weighted by molar-refractivity contribution is -0.125. The van der Waals surface area contributed by atoms with Crippen LogP contribution in [0, 0.1) is 23.7 Å². The second-order valence-corrected chi connectivity index (χ2v) is 5.33. The van der Waals surface area contributed by atoms with E-state index in [1.807, 2.05) is 7.05 Å². The van der Waals surface area contributed by atoms with Gasteiger partial charge in [-0.25, -0.2) is 0 Å². The number of rotatable bonds is 5. The molecular weight excluding hydrogens is 188 g/mol. The molecule has 1 amide bonds. The summed E-state index contributed by atoms with van der Waals surface area (Å²) in [7, 11) is 1.95. The molecule has 86 valence electrons. The van der Waals surface area contributed by atoms with Gasteiger partial charge in [-0.2, -0.15) is 0 Å². The minimum Gasteiger partial charge on any atom is -0.356 e. The summed E-state index contributed by atoms with van der Waals surface area (Å²) in [4.78, 5) is 11.8. The molecule has 0 radical (unpaired) electrons. The van der Waals surface area contributed by atoms with Crippen LogP contribution >= 0.6 is 0 Å². The van der Waals surface area contributed by atoms with Crippen LogP contribution in [-0.2, 0) is 4.79 Å². The SMILES string of the molecule is CNCC(C)CNC(=O)C1CC2CC2C1. The van der Waals surface area contributed by atoms with Crippen molar-refractivity contribution in [2.45, 2.75) is 26.2 Å². The quantitative estimate of drug-likeness (QED) is 0.711. The molecule has 0 aromatic carbocycles. The molecule has 2 fully saturated rings. The fourth-order valence-electron chi connectivity index (χ4n) is 2.77. The van der Waals surface area contributed by atoms with Crippen molar-refractivity contribution in [3.05, 3.63) is 0 Å². The smallest absolute Gasteiger partial charge is 0.223 e. The Kier molecular flexibility index (Phi) is 3.29. The Labute approximate surface area is 92.0 Å². The van der Waals surface area contributed by atoms with Crippen molar-refractivity contribution in [2.75, 3.05) is 20.1 Å². The maximum Gasteiger partial charge on any atom is 0.223 e. The summed E-state index contributed by atoms with van der Waals surface area (Å²) in [5.74, 6) is 2.95. The van der Waals surface area contributed by atoms with Gasteiger partial charge in [0, 0.05) is 12.5 Å². The minimum absolute atomic E-state index is 0.296. The second-order valence-electron chi connectivity index (χ2n) is 5.33. The van der Waals surface area contributed by atoms with Crippen molar-refractivity contribution in [1.82, 2.24) is 10.6 Å². The van der Waals surface area contributed by atoms with Crippen LogP contribution in [0.2, 0.25) is 0 Å². The van der Waals surface area contributed by atoms with Gasteiger partial charge in [-0.15, -0.1) is 0 Å². The first-order chi connectivity index (χ1) is 7.20. The molecule has 3 unspecified atom stereocenters. The van der Waals surface area contributed by atoms with Gasteiger partial charge in [0.05, 0.1) is 0 Å². The summed E-state index contributed by atoms with van der Waals surface area (Å²) in [5, 5.41) is 6.19. The highest BCUT2D eigenvalue weighted by Gasteiger charge is 2.47. The molecule has 0 spiro atoms. The normalized spacial score (nSPS) is 34.7. The van der Waals surface area contributed by atoms with Gasteiger partial charge < -0.3 is 10.6 Å². The molecule has 3 atom stereocenters. The summed E-state index contributed by atoms with van der Waals surface area (Å²) >= 11 is 0. The molecule has 15 heavy (non-hydrogen) atoms. The van der Waals surface area contributed by atoms with Crippen LogP contribution < -0.4 is 10.6 Å². The largest absolute Gasteiger partial charge is 0.356 e. The highest BCUT2D eigenvalue weighted by atomic mass is 16.1. The number of carbonyl (C=O) groups is 1. The number of amides is 1. The number of nitrogens with one attached hydrogen (secondary N) is 2. The molecule has 0 aliphatic heterocycles. The predicted octanol–water partition coefficient (Wildman–Crippen LogP) is 1.00. The van der Waals surface area contributed by atoms with Gasteiger partial charge in [-0.05, 0) is 50.6 Å². The number of fused-ring (bicyclic) bond motifs is 1. The zero-order chi connectivity index (χ0) is 10.8. The van der Waals surface area contributed by atoms with Crippen molar-refractivity contribution in [3.63, 3.8) is 0 Å². The Bertz CT molecular complexity index is 232. The van der Waals surface area contributed by atoms with Gasteiger partial charge in [0.15, 0.2) is 0 Å². The monoisotopic (exact) mass is 210 g/mol. The Hall–Kier alpha value is -0.570. The van der Waals surface area contributed by atoms with Crippen molar-refractivity contribution < 1.29 is 4.79 Å². The molecule has 0 saturated heterocycles. The van der Waals surface area contributed by atoms with E-state index in [0.29, 0.717) is 17.7 Å². The van der Waals surface area contributed by atoms with E-state index in [1.54, 1.807) is 0 Å². The highest BCUT2D eigenvalue weighted by molar-refractivity contribution is 5.79. The molecule has 3 nitrogen and oxygen atoms in total. The first-order valence-corrected chi connectivity index (χ1v) is 6.13. The Morgan fingerprint density at radius 1 is 1.27 bits per heavy atom. The van der Waals surface area contributed by atoms with Gasteiger partial charge in [-0.1, -0.05) is 6.92 Å². The average molecular weight is 210 g/mol. The van der Waals surface area contributed by atoms with Crippen LogP contribution in [-0.4, -0.2) is 26.0 Å². The molecule has 2 rings (SSSR count). The van der Waals surface area contributed by atoms with Gasteiger partial charge in [0.1, 0.15) is 0 Å². The summed E-state index contributed by atoms with van der Waals surface area (Å²) in [6.07, 6.45) is 3.69. The van der Waals surface area contributed by atoms with Crippen molar-refractivity contribution in [1.29, 1.82) is 0 Å². The summed E-state index contributed by atoms with van der Waals surface area (Å²) in [6, 6.07) is 0. The molecular formula is C12H22N2O. The van der Waals surface area contributed by atoms with Gasteiger partial charge in [-0.3, -0.25) is 4.79 Å². The lowest BCUT2D eigenvalue weighted by Crippen LogP contribution is -2.35. The predicted molar refractivity (Wildman–Crippen MR) is 60.4 cm³/mol. The topological polar surface area (TPSA) is 41.1 Å². The summed E-state index contributed by atoms with van der Waals surface area (Å²) < 4.78 is 0. The van der Waals surface area contributed by atoms with Crippen LogP contribution in [0.5, 0.6) is 0 Å². The van der Waals surface area contributed by atoms with Crippen molar-refractivity contribution >= 4 is 5.91 Å². The van der Waals surface area contributed by atoms with Crippen LogP contribution in [0.3, 0.4) is 0 Å². The zero-order valence-electron chi connectivity index (χ0n) is 9.75. The molecule has 0 heterocycles. The van der Waals surface area contributed by atoms with E-state index < -0.39 is 0 Å². The van der Waals surface area contributed by atoms with Crippen LogP contribution in [0.15, 0.2) is 0 Å². The molecule has 2 aliphatic carbocycles. The Morgan fingerprint density at radius 2 is 1.93 bits per heavy atom. The molecule has 2 N–H and O–H groups in total. The third kappa shape index (κ3) is 2.71. The van der Waals surface area contributed by atoms with E-state index in [1.165, 1.54) is 6.42 Å². The summed E-state index contributed by atoms with van der Waals surface area (Å²) in [6.45, 7) is 3.94. The molecule has 0 aromatic rings. The third-order valence-corrected chi connectivity index (χ3v) is 3.79. The van der Waals surface area contributed by atoms with Gasteiger partial charge >= 0.3 is 0 Å². The minimum atomic E-state index is 0.296. The standard InChI is InChI=1S/C12H22N2O/c1-8(6-13-2)7-14-12(15)11-4-9-3-10(9)5-11/h8-11,13H,3-7H2,1-2H3,(H,14,15). The van der Waals surface area contributed by atoms with Crippen molar-refractivity contribution in [3.8, 4) is 0 Å². The average Bonchev–Trinajstić information content (AvgIpc) is 2.83. The van der Waals surface area contributed by atoms with E-state index >= 15 is 0 Å². The van der Waals surface area contributed by atoms with Crippen LogP contribution in [0.25, 0.3) is 0 Å². The van der Waals surface area contributed by atoms with E-state index in [-0.39, 0.29) is 0 Å². The Balaban J connectivity index is 1.64. The first kappa shape index (κ1) is 10.9. The lowest BCUT2D eigenvalue weighted by Gasteiger charge is -2.15. The second kappa shape index (κ2) is 4.52. The maximum atomic E-state index is 11.8. The fourth-order valence-corrected chi connectivity index (χ4v) is 2.77. The van der Waals surface area contributed by atoms with Gasteiger partial charge in [0.25, 0.3) is 0 Å². The Morgan fingerprint density at radius 3 is 2.53 bits per heavy atom. The number of hydrogen-bond donors (Lipinski definition) is 2. The van der Waals surface area contributed by atoms with E-state index in [2.05, 4.69) is 17.6 Å². The van der Waals surface area contributed by atoms with Crippen LogP contribution in [0.1, 0.15) is 26.2 Å².